The Morgan fingerprint density at radius 3 is 2.51 bits per heavy atom. The second-order valence-electron chi connectivity index (χ2n) is 8.18. The molecular formula is C28H26N2O4S. The van der Waals surface area contributed by atoms with Gasteiger partial charge in [0.05, 0.1) is 4.91 Å². The van der Waals surface area contributed by atoms with Gasteiger partial charge in [-0.1, -0.05) is 67.1 Å². The fraction of sp³-hybridized carbons (Fsp3) is 0.179. The summed E-state index contributed by atoms with van der Waals surface area (Å²) in [4.78, 5) is 39.1. The highest BCUT2D eigenvalue weighted by Crippen LogP contribution is 2.34. The smallest absolute Gasteiger partial charge is 0.294 e. The van der Waals surface area contributed by atoms with Crippen LogP contribution in [0, 0.1) is 6.92 Å². The molecule has 1 fully saturated rings. The third kappa shape index (κ3) is 6.19. The zero-order chi connectivity index (χ0) is 24.8. The standard InChI is InChI=1S/C28H26N2O4S/c1-3-20-11-13-23(14-12-20)29-26(31)17-30-27(32)25(35-28(30)33)16-22-9-4-5-10-24(22)34-18-21-8-6-7-19(2)15-21/h4-16H,3,17-18H2,1-2H3,(H,29,31)/b25-16+. The van der Waals surface area contributed by atoms with Crippen molar-refractivity contribution in [2.75, 3.05) is 11.9 Å². The number of hydrogen-bond donors (Lipinski definition) is 1. The predicted octanol–water partition coefficient (Wildman–Crippen LogP) is 5.81. The van der Waals surface area contributed by atoms with Crippen LogP contribution in [0.4, 0.5) is 10.5 Å². The quantitative estimate of drug-likeness (QED) is 0.407. The van der Waals surface area contributed by atoms with E-state index in [2.05, 4.69) is 18.3 Å². The first-order valence-corrected chi connectivity index (χ1v) is 12.2. The molecule has 1 aliphatic heterocycles. The van der Waals surface area contributed by atoms with E-state index >= 15 is 0 Å². The van der Waals surface area contributed by atoms with Gasteiger partial charge in [0, 0.05) is 11.3 Å². The number of amides is 3. The van der Waals surface area contributed by atoms with Gasteiger partial charge in [-0.3, -0.25) is 19.3 Å². The number of nitrogens with one attached hydrogen (secondary N) is 1. The molecule has 6 nitrogen and oxygen atoms in total. The molecule has 1 heterocycles. The summed E-state index contributed by atoms with van der Waals surface area (Å²) in [5.74, 6) is -0.321. The van der Waals surface area contributed by atoms with Gasteiger partial charge in [0.2, 0.25) is 5.91 Å². The summed E-state index contributed by atoms with van der Waals surface area (Å²) in [7, 11) is 0. The number of imide groups is 1. The van der Waals surface area contributed by atoms with E-state index in [9.17, 15) is 14.4 Å². The van der Waals surface area contributed by atoms with Crippen molar-refractivity contribution in [2.45, 2.75) is 26.9 Å². The summed E-state index contributed by atoms with van der Waals surface area (Å²) in [6, 6.07) is 22.8. The molecule has 1 saturated heterocycles. The first kappa shape index (κ1) is 24.3. The minimum atomic E-state index is -0.495. The molecule has 3 amide bonds. The molecule has 3 aromatic carbocycles. The number of hydrogen-bond acceptors (Lipinski definition) is 5. The third-order valence-electron chi connectivity index (χ3n) is 5.50. The van der Waals surface area contributed by atoms with E-state index in [1.54, 1.807) is 18.2 Å². The van der Waals surface area contributed by atoms with Crippen molar-refractivity contribution in [3.05, 3.63) is 100.0 Å². The number of anilines is 1. The second-order valence-corrected chi connectivity index (χ2v) is 9.18. The molecule has 1 aliphatic rings. The number of benzene rings is 3. The number of carbonyl (C=O) groups is 3. The Labute approximate surface area is 209 Å². The Kier molecular flexibility index (Phi) is 7.67. The third-order valence-corrected chi connectivity index (χ3v) is 6.41. The zero-order valence-corrected chi connectivity index (χ0v) is 20.4. The summed E-state index contributed by atoms with van der Waals surface area (Å²) in [5, 5.41) is 2.26. The van der Waals surface area contributed by atoms with E-state index < -0.39 is 17.1 Å². The average Bonchev–Trinajstić information content (AvgIpc) is 3.11. The lowest BCUT2D eigenvalue weighted by Gasteiger charge is -2.13. The van der Waals surface area contributed by atoms with Crippen molar-refractivity contribution in [2.24, 2.45) is 0 Å². The molecule has 0 unspecified atom stereocenters. The van der Waals surface area contributed by atoms with Crippen LogP contribution in [0.15, 0.2) is 77.7 Å². The molecule has 0 atom stereocenters. The maximum Gasteiger partial charge on any atom is 0.294 e. The fourth-order valence-corrected chi connectivity index (χ4v) is 4.47. The minimum Gasteiger partial charge on any atom is -0.488 e. The average molecular weight is 487 g/mol. The van der Waals surface area contributed by atoms with Crippen LogP contribution in [-0.4, -0.2) is 28.5 Å². The highest BCUT2D eigenvalue weighted by Gasteiger charge is 2.36. The summed E-state index contributed by atoms with van der Waals surface area (Å²) < 4.78 is 6.00. The highest BCUT2D eigenvalue weighted by molar-refractivity contribution is 8.18. The van der Waals surface area contributed by atoms with Crippen molar-refractivity contribution in [3.8, 4) is 5.75 Å². The van der Waals surface area contributed by atoms with Crippen LogP contribution in [0.1, 0.15) is 29.2 Å². The van der Waals surface area contributed by atoms with Crippen LogP contribution in [-0.2, 0) is 22.6 Å². The summed E-state index contributed by atoms with van der Waals surface area (Å²) >= 11 is 0.818. The number of ether oxygens (including phenoxy) is 1. The number of para-hydroxylation sites is 1. The van der Waals surface area contributed by atoms with E-state index in [0.29, 0.717) is 23.6 Å². The summed E-state index contributed by atoms with van der Waals surface area (Å²) in [5.41, 5.74) is 4.65. The van der Waals surface area contributed by atoms with Crippen LogP contribution in [0.5, 0.6) is 5.75 Å². The van der Waals surface area contributed by atoms with E-state index in [1.807, 2.05) is 61.5 Å². The van der Waals surface area contributed by atoms with Crippen LogP contribution in [0.3, 0.4) is 0 Å². The molecule has 0 aliphatic carbocycles. The van der Waals surface area contributed by atoms with Gasteiger partial charge in [0.25, 0.3) is 11.1 Å². The number of rotatable bonds is 8. The molecule has 4 rings (SSSR count). The summed E-state index contributed by atoms with van der Waals surface area (Å²) in [6.07, 6.45) is 2.54. The lowest BCUT2D eigenvalue weighted by Crippen LogP contribution is -2.36. The Hall–Kier alpha value is -3.84. The lowest BCUT2D eigenvalue weighted by atomic mass is 10.1. The number of nitrogens with zero attached hydrogens (tertiary/aromatic N) is 1. The van der Waals surface area contributed by atoms with Crippen molar-refractivity contribution in [1.29, 1.82) is 0 Å². The van der Waals surface area contributed by atoms with Gasteiger partial charge in [-0.15, -0.1) is 0 Å². The largest absolute Gasteiger partial charge is 0.488 e. The Morgan fingerprint density at radius 2 is 1.77 bits per heavy atom. The van der Waals surface area contributed by atoms with Crippen LogP contribution >= 0.6 is 11.8 Å². The molecule has 0 bridgehead atoms. The molecule has 0 spiro atoms. The normalized spacial score (nSPS) is 14.5. The first-order valence-electron chi connectivity index (χ1n) is 11.3. The number of thioether (sulfide) groups is 1. The van der Waals surface area contributed by atoms with E-state index in [-0.39, 0.29) is 11.4 Å². The van der Waals surface area contributed by atoms with Crippen LogP contribution in [0.25, 0.3) is 6.08 Å². The van der Waals surface area contributed by atoms with Crippen LogP contribution < -0.4 is 10.1 Å². The molecule has 178 valence electrons. The minimum absolute atomic E-state index is 0.252. The Bertz CT molecular complexity index is 1280. The van der Waals surface area contributed by atoms with Gasteiger partial charge in [-0.05, 0) is 60.5 Å². The van der Waals surface area contributed by atoms with Crippen LogP contribution in [0.2, 0.25) is 0 Å². The SMILES string of the molecule is CCc1ccc(NC(=O)CN2C(=O)S/C(=C/c3ccccc3OCc3cccc(C)c3)C2=O)cc1. The Morgan fingerprint density at radius 1 is 1.00 bits per heavy atom. The molecule has 7 heteroatoms. The van der Waals surface area contributed by atoms with Gasteiger partial charge < -0.3 is 10.1 Å². The lowest BCUT2D eigenvalue weighted by molar-refractivity contribution is -0.127. The second kappa shape index (κ2) is 11.1. The van der Waals surface area contributed by atoms with Gasteiger partial charge in [0.1, 0.15) is 18.9 Å². The molecule has 0 aromatic heterocycles. The Balaban J connectivity index is 1.43. The monoisotopic (exact) mass is 486 g/mol. The molecule has 0 radical (unpaired) electrons. The van der Waals surface area contributed by atoms with Gasteiger partial charge >= 0.3 is 0 Å². The van der Waals surface area contributed by atoms with Crippen molar-refractivity contribution < 1.29 is 19.1 Å². The first-order chi connectivity index (χ1) is 16.9. The topological polar surface area (TPSA) is 75.7 Å². The van der Waals surface area contributed by atoms with E-state index in [0.717, 1.165) is 39.8 Å². The molecule has 1 N–H and O–H groups in total. The van der Waals surface area contributed by atoms with Gasteiger partial charge in [-0.25, -0.2) is 0 Å². The van der Waals surface area contributed by atoms with Crippen molar-refractivity contribution >= 4 is 40.6 Å². The fourth-order valence-electron chi connectivity index (χ4n) is 3.64. The highest BCUT2D eigenvalue weighted by atomic mass is 32.2. The zero-order valence-electron chi connectivity index (χ0n) is 19.6. The van der Waals surface area contributed by atoms with Gasteiger partial charge in [0.15, 0.2) is 0 Å². The number of carbonyl (C=O) groups excluding carboxylic acids is 3. The molecule has 35 heavy (non-hydrogen) atoms. The van der Waals surface area contributed by atoms with Crippen molar-refractivity contribution in [1.82, 2.24) is 4.90 Å². The molecule has 0 saturated carbocycles. The van der Waals surface area contributed by atoms with Crippen molar-refractivity contribution in [3.63, 3.8) is 0 Å². The van der Waals surface area contributed by atoms with E-state index in [4.69, 9.17) is 4.74 Å². The maximum absolute atomic E-state index is 12.9. The number of aryl methyl sites for hydroxylation is 2. The molecule has 3 aromatic rings. The predicted molar refractivity (Wildman–Crippen MR) is 139 cm³/mol. The molecular weight excluding hydrogens is 460 g/mol. The summed E-state index contributed by atoms with van der Waals surface area (Å²) in [6.45, 7) is 4.11. The van der Waals surface area contributed by atoms with E-state index in [1.165, 1.54) is 0 Å². The van der Waals surface area contributed by atoms with Gasteiger partial charge in [-0.2, -0.15) is 0 Å². The maximum atomic E-state index is 12.9.